The van der Waals surface area contributed by atoms with Crippen LogP contribution in [-0.4, -0.2) is 11.5 Å². The topological polar surface area (TPSA) is 0 Å². The zero-order chi connectivity index (χ0) is 21.6. The zero-order valence-electron chi connectivity index (χ0n) is 18.5. The highest BCUT2D eigenvalue weighted by Gasteiger charge is 2.43. The minimum absolute atomic E-state index is 1.08. The number of alkyl halides is 1. The molecule has 162 valence electrons. The second-order valence-electron chi connectivity index (χ2n) is 8.07. The largest absolute Gasteiger partial charge is 0.115 e. The average molecular weight is 494 g/mol. The molecule has 3 aromatic carbocycles. The summed E-state index contributed by atoms with van der Waals surface area (Å²) in [6.07, 6.45) is 15.2. The van der Waals surface area contributed by atoms with Crippen molar-refractivity contribution in [3.05, 3.63) is 103 Å². The summed E-state index contributed by atoms with van der Waals surface area (Å²) in [6, 6.07) is 33.5. The maximum atomic E-state index is 3.52. The summed E-state index contributed by atoms with van der Waals surface area (Å²) in [7, 11) is -1.72. The minimum atomic E-state index is -1.72. The van der Waals surface area contributed by atoms with Gasteiger partial charge in [-0.15, -0.1) is 0 Å². The van der Waals surface area contributed by atoms with E-state index in [2.05, 4.69) is 119 Å². The summed E-state index contributed by atoms with van der Waals surface area (Å²) in [5, 5.41) is 5.53. The van der Waals surface area contributed by atoms with Crippen LogP contribution >= 0.6 is 23.2 Å². The Labute approximate surface area is 198 Å². The molecule has 0 nitrogen and oxygen atoms in total. The van der Waals surface area contributed by atoms with Crippen molar-refractivity contribution in [3.8, 4) is 0 Å². The molecule has 0 saturated heterocycles. The van der Waals surface area contributed by atoms with E-state index < -0.39 is 7.26 Å². The van der Waals surface area contributed by atoms with Gasteiger partial charge >= 0.3 is 0 Å². The fraction of sp³-hybridized carbons (Fsp3) is 0.310. The molecular weight excluding hydrogens is 459 g/mol. The van der Waals surface area contributed by atoms with Crippen LogP contribution in [0.15, 0.2) is 103 Å². The number of halogens is 1. The van der Waals surface area contributed by atoms with Gasteiger partial charge in [0.25, 0.3) is 0 Å². The van der Waals surface area contributed by atoms with Crippen LogP contribution in [0.3, 0.4) is 0 Å². The molecule has 0 aliphatic heterocycles. The summed E-state index contributed by atoms with van der Waals surface area (Å²) >= 11 is 3.52. The third kappa shape index (κ3) is 6.90. The highest BCUT2D eigenvalue weighted by molar-refractivity contribution is 9.09. The molecule has 0 radical (unpaired) electrons. The molecule has 0 heterocycles. The fourth-order valence-corrected chi connectivity index (χ4v) is 8.66. The second-order valence-corrected chi connectivity index (χ2v) is 12.4. The lowest BCUT2D eigenvalue weighted by Crippen LogP contribution is -2.32. The smallest absolute Gasteiger partial charge is 0.0928 e. The molecule has 3 aromatic rings. The van der Waals surface area contributed by atoms with E-state index in [-0.39, 0.29) is 0 Å². The summed E-state index contributed by atoms with van der Waals surface area (Å²) < 4.78 is 0. The van der Waals surface area contributed by atoms with E-state index in [1.807, 2.05) is 0 Å². The Balaban J connectivity index is 1.77. The number of benzene rings is 3. The van der Waals surface area contributed by atoms with Crippen LogP contribution in [-0.2, 0) is 0 Å². The van der Waals surface area contributed by atoms with Crippen molar-refractivity contribution >= 4 is 39.1 Å². The maximum absolute atomic E-state index is 3.52. The first kappa shape index (κ1) is 24.0. The van der Waals surface area contributed by atoms with Gasteiger partial charge in [-0.05, 0) is 55.7 Å². The van der Waals surface area contributed by atoms with E-state index in [1.165, 1.54) is 60.9 Å². The summed E-state index contributed by atoms with van der Waals surface area (Å²) in [6.45, 7) is 0. The van der Waals surface area contributed by atoms with Crippen LogP contribution in [0.1, 0.15) is 44.9 Å². The van der Waals surface area contributed by atoms with Gasteiger partial charge in [-0.3, -0.25) is 0 Å². The van der Waals surface area contributed by atoms with Crippen molar-refractivity contribution in [1.82, 2.24) is 0 Å². The van der Waals surface area contributed by atoms with Crippen molar-refractivity contribution in [3.63, 3.8) is 0 Å². The Morgan fingerprint density at radius 2 is 0.935 bits per heavy atom. The molecule has 0 aliphatic rings. The second kappa shape index (κ2) is 13.7. The third-order valence-electron chi connectivity index (χ3n) is 5.89. The molecule has 0 N–H and O–H groups in total. The first-order valence-electron chi connectivity index (χ1n) is 11.6. The predicted octanol–water partition coefficient (Wildman–Crippen LogP) is 7.66. The van der Waals surface area contributed by atoms with E-state index in [0.717, 1.165) is 11.5 Å². The fourth-order valence-electron chi connectivity index (χ4n) is 4.23. The first-order valence-corrected chi connectivity index (χ1v) is 14.7. The van der Waals surface area contributed by atoms with Crippen LogP contribution < -0.4 is 15.9 Å². The molecule has 0 fully saturated rings. The first-order chi connectivity index (χ1) is 15.4. The standard InChI is InChI=1S/C29H35BrP/c30-25-17-6-4-2-1-3-5-7-18-26-31(27-19-11-8-12-20-27,28-21-13-9-14-22-28)29-23-15-10-16-24-29/h7-16,18-24H,1-6,17,25-26H2/q+1. The summed E-state index contributed by atoms with van der Waals surface area (Å²) in [5.41, 5.74) is 0. The van der Waals surface area contributed by atoms with Crippen LogP contribution in [0.25, 0.3) is 0 Å². The van der Waals surface area contributed by atoms with Gasteiger partial charge in [0, 0.05) is 5.33 Å². The lowest BCUT2D eigenvalue weighted by atomic mass is 10.1. The zero-order valence-corrected chi connectivity index (χ0v) is 21.0. The Morgan fingerprint density at radius 3 is 1.39 bits per heavy atom. The molecule has 0 aliphatic carbocycles. The number of unbranched alkanes of at least 4 members (excludes halogenated alkanes) is 6. The number of hydrogen-bond donors (Lipinski definition) is 0. The molecule has 0 atom stereocenters. The molecule has 2 heteroatoms. The van der Waals surface area contributed by atoms with Gasteiger partial charge in [0.2, 0.25) is 0 Å². The van der Waals surface area contributed by atoms with Gasteiger partial charge in [0.15, 0.2) is 0 Å². The van der Waals surface area contributed by atoms with E-state index >= 15 is 0 Å². The van der Waals surface area contributed by atoms with Crippen molar-refractivity contribution in [2.45, 2.75) is 44.9 Å². The van der Waals surface area contributed by atoms with Crippen LogP contribution in [0.2, 0.25) is 0 Å². The van der Waals surface area contributed by atoms with Gasteiger partial charge in [0.1, 0.15) is 23.2 Å². The monoisotopic (exact) mass is 493 g/mol. The van der Waals surface area contributed by atoms with Crippen LogP contribution in [0.5, 0.6) is 0 Å². The highest BCUT2D eigenvalue weighted by atomic mass is 79.9. The van der Waals surface area contributed by atoms with Crippen molar-refractivity contribution < 1.29 is 0 Å². The van der Waals surface area contributed by atoms with Crippen LogP contribution in [0, 0.1) is 0 Å². The molecular formula is C29H35BrP+. The normalized spacial score (nSPS) is 11.8. The Hall–Kier alpha value is -1.69. The molecule has 31 heavy (non-hydrogen) atoms. The molecule has 3 rings (SSSR count). The maximum Gasteiger partial charge on any atom is 0.115 e. The molecule has 0 amide bonds. The molecule has 0 spiro atoms. The number of hydrogen-bond acceptors (Lipinski definition) is 0. The van der Waals surface area contributed by atoms with Gasteiger partial charge in [-0.25, -0.2) is 0 Å². The SMILES string of the molecule is BrCCCCCCCCC=CC[P+](c1ccccc1)(c1ccccc1)c1ccccc1. The van der Waals surface area contributed by atoms with E-state index in [9.17, 15) is 0 Å². The number of rotatable bonds is 13. The van der Waals surface area contributed by atoms with E-state index in [4.69, 9.17) is 0 Å². The van der Waals surface area contributed by atoms with Gasteiger partial charge < -0.3 is 0 Å². The van der Waals surface area contributed by atoms with Crippen molar-refractivity contribution in [1.29, 1.82) is 0 Å². The summed E-state index contributed by atoms with van der Waals surface area (Å²) in [4.78, 5) is 0. The minimum Gasteiger partial charge on any atom is -0.0928 e. The molecule has 0 bridgehead atoms. The van der Waals surface area contributed by atoms with Crippen molar-refractivity contribution in [2.75, 3.05) is 11.5 Å². The third-order valence-corrected chi connectivity index (χ3v) is 10.7. The Morgan fingerprint density at radius 1 is 0.516 bits per heavy atom. The quantitative estimate of drug-likeness (QED) is 0.0991. The lowest BCUT2D eigenvalue weighted by molar-refractivity contribution is 0.614. The Kier molecular flexibility index (Phi) is 10.6. The van der Waals surface area contributed by atoms with Crippen LogP contribution in [0.4, 0.5) is 0 Å². The molecule has 0 unspecified atom stereocenters. The predicted molar refractivity (Wildman–Crippen MR) is 145 cm³/mol. The van der Waals surface area contributed by atoms with E-state index in [0.29, 0.717) is 0 Å². The van der Waals surface area contributed by atoms with Crippen molar-refractivity contribution in [2.24, 2.45) is 0 Å². The highest BCUT2D eigenvalue weighted by Crippen LogP contribution is 2.55. The summed E-state index contributed by atoms with van der Waals surface area (Å²) in [5.74, 6) is 0. The van der Waals surface area contributed by atoms with Gasteiger partial charge in [0.05, 0.1) is 6.16 Å². The van der Waals surface area contributed by atoms with Gasteiger partial charge in [-0.1, -0.05) is 108 Å². The molecule has 0 aromatic heterocycles. The Bertz CT molecular complexity index is 778. The number of allylic oxidation sites excluding steroid dienone is 2. The van der Waals surface area contributed by atoms with Gasteiger partial charge in [-0.2, -0.15) is 0 Å². The molecule has 0 saturated carbocycles. The lowest BCUT2D eigenvalue weighted by Gasteiger charge is -2.26. The van der Waals surface area contributed by atoms with E-state index in [1.54, 1.807) is 0 Å². The average Bonchev–Trinajstić information content (AvgIpc) is 2.84.